The van der Waals surface area contributed by atoms with Gasteiger partial charge in [0.15, 0.2) is 0 Å². The summed E-state index contributed by atoms with van der Waals surface area (Å²) in [5.41, 5.74) is -9.54. The third kappa shape index (κ3) is 7.35. The van der Waals surface area contributed by atoms with Crippen LogP contribution in [0.25, 0.3) is 0 Å². The van der Waals surface area contributed by atoms with Gasteiger partial charge < -0.3 is 15.7 Å². The molecule has 0 heterocycles. The summed E-state index contributed by atoms with van der Waals surface area (Å²) in [7, 11) is 0. The lowest BCUT2D eigenvalue weighted by Gasteiger charge is -2.32. The van der Waals surface area contributed by atoms with Crippen molar-refractivity contribution in [1.82, 2.24) is 5.32 Å². The molecule has 0 fully saturated rings. The van der Waals surface area contributed by atoms with Crippen molar-refractivity contribution >= 4 is 35.0 Å². The zero-order chi connectivity index (χ0) is 27.5. The topological polar surface area (TPSA) is 61.4 Å². The second-order valence-corrected chi connectivity index (χ2v) is 8.80. The Morgan fingerprint density at radius 3 is 1.89 bits per heavy atom. The van der Waals surface area contributed by atoms with Crippen molar-refractivity contribution in [3.05, 3.63) is 63.7 Å². The van der Waals surface area contributed by atoms with Gasteiger partial charge in [0, 0.05) is 17.3 Å². The summed E-state index contributed by atoms with van der Waals surface area (Å²) in [4.78, 5) is 11.5. The minimum Gasteiger partial charge on any atom is -0.381 e. The molecule has 2 aromatic rings. The van der Waals surface area contributed by atoms with E-state index in [9.17, 15) is 49.4 Å². The molecule has 2 rings (SSSR count). The highest BCUT2D eigenvalue weighted by atomic mass is 35.5. The molecule has 3 N–H and O–H groups in total. The molecule has 0 saturated carbocycles. The fourth-order valence-corrected chi connectivity index (χ4v) is 3.58. The van der Waals surface area contributed by atoms with E-state index in [1.54, 1.807) is 6.26 Å². The van der Waals surface area contributed by atoms with Crippen LogP contribution < -0.4 is 10.6 Å². The lowest BCUT2D eigenvalue weighted by molar-refractivity contribution is -0.261. The standard InChI is InChI=1S/C21H18ClF9N2O2S/c1-36-9-17(34)32-8-11-2-3-15(7-16(11)22)33-10-18(35,21(29,30)31)12-4-13(19(23,24)25)6-14(5-12)20(26,27)28/h2-7,33,35H,8-10H2,1H3,(H,32,34)/t18-/m1/s1. The molecule has 0 aliphatic carbocycles. The molecular weight excluding hydrogens is 551 g/mol. The van der Waals surface area contributed by atoms with E-state index in [-0.39, 0.29) is 47.1 Å². The van der Waals surface area contributed by atoms with Gasteiger partial charge in [-0.25, -0.2) is 0 Å². The summed E-state index contributed by atoms with van der Waals surface area (Å²) in [6.07, 6.45) is -14.8. The van der Waals surface area contributed by atoms with Crippen molar-refractivity contribution < 1.29 is 49.4 Å². The van der Waals surface area contributed by atoms with Crippen LogP contribution in [0.3, 0.4) is 0 Å². The minimum absolute atomic E-state index is 0.00146. The monoisotopic (exact) mass is 568 g/mol. The van der Waals surface area contributed by atoms with E-state index in [2.05, 4.69) is 10.6 Å². The van der Waals surface area contributed by atoms with Crippen LogP contribution in [0.15, 0.2) is 36.4 Å². The Kier molecular flexibility index (Phi) is 9.11. The molecule has 2 aromatic carbocycles. The van der Waals surface area contributed by atoms with Crippen LogP contribution in [-0.4, -0.2) is 35.7 Å². The molecule has 36 heavy (non-hydrogen) atoms. The lowest BCUT2D eigenvalue weighted by Crippen LogP contribution is -2.48. The van der Waals surface area contributed by atoms with Gasteiger partial charge in [0.05, 0.1) is 23.4 Å². The number of nitrogens with one attached hydrogen (secondary N) is 2. The van der Waals surface area contributed by atoms with Crippen LogP contribution in [0.2, 0.25) is 5.02 Å². The van der Waals surface area contributed by atoms with Crippen LogP contribution in [-0.2, 0) is 29.3 Å². The molecule has 1 atom stereocenters. The Balaban J connectivity index is 2.39. The van der Waals surface area contributed by atoms with Gasteiger partial charge in [-0.15, -0.1) is 0 Å². The Morgan fingerprint density at radius 2 is 1.44 bits per heavy atom. The molecule has 0 unspecified atom stereocenters. The summed E-state index contributed by atoms with van der Waals surface area (Å²) < 4.78 is 120. The molecule has 0 aliphatic rings. The highest BCUT2D eigenvalue weighted by molar-refractivity contribution is 7.99. The number of anilines is 1. The zero-order valence-corrected chi connectivity index (χ0v) is 19.7. The van der Waals surface area contributed by atoms with Gasteiger partial charge in [0.2, 0.25) is 11.5 Å². The number of carbonyl (C=O) groups is 1. The van der Waals surface area contributed by atoms with Gasteiger partial charge >= 0.3 is 18.5 Å². The molecular formula is C21H18ClF9N2O2S. The first kappa shape index (κ1) is 29.9. The second-order valence-electron chi connectivity index (χ2n) is 7.52. The maximum absolute atomic E-state index is 13.8. The summed E-state index contributed by atoms with van der Waals surface area (Å²) in [5, 5.41) is 15.1. The van der Waals surface area contributed by atoms with Gasteiger partial charge in [-0.3, -0.25) is 4.79 Å². The van der Waals surface area contributed by atoms with Crippen molar-refractivity contribution in [3.63, 3.8) is 0 Å². The molecule has 1 amide bonds. The van der Waals surface area contributed by atoms with Gasteiger partial charge in [-0.05, 0) is 47.7 Å². The largest absolute Gasteiger partial charge is 0.423 e. The van der Waals surface area contributed by atoms with Gasteiger partial charge in [0.1, 0.15) is 0 Å². The van der Waals surface area contributed by atoms with Gasteiger partial charge in [-0.2, -0.15) is 51.3 Å². The van der Waals surface area contributed by atoms with Crippen molar-refractivity contribution in [3.8, 4) is 0 Å². The highest BCUT2D eigenvalue weighted by Gasteiger charge is 2.56. The number of alkyl halides is 9. The number of hydrogen-bond donors (Lipinski definition) is 3. The summed E-state index contributed by atoms with van der Waals surface area (Å²) in [6, 6.07) is 2.97. The fraction of sp³-hybridized carbons (Fsp3) is 0.381. The molecule has 0 aromatic heterocycles. The van der Waals surface area contributed by atoms with E-state index in [1.807, 2.05) is 0 Å². The number of amides is 1. The SMILES string of the molecule is CSCC(=O)NCc1ccc(NC[C@@](O)(c2cc(C(F)(F)F)cc(C(F)(F)F)c2)C(F)(F)F)cc1Cl. The quantitative estimate of drug-likeness (QED) is 0.331. The van der Waals surface area contributed by atoms with Gasteiger partial charge in [0.25, 0.3) is 0 Å². The highest BCUT2D eigenvalue weighted by Crippen LogP contribution is 2.44. The molecule has 0 saturated heterocycles. The van der Waals surface area contributed by atoms with Crippen molar-refractivity contribution in [1.29, 1.82) is 0 Å². The second kappa shape index (κ2) is 11.0. The molecule has 200 valence electrons. The van der Waals surface area contributed by atoms with E-state index in [1.165, 1.54) is 23.9 Å². The van der Waals surface area contributed by atoms with Crippen molar-refractivity contribution in [2.24, 2.45) is 0 Å². The van der Waals surface area contributed by atoms with Crippen molar-refractivity contribution in [2.75, 3.05) is 23.9 Å². The molecule has 0 bridgehead atoms. The Bertz CT molecular complexity index is 1060. The van der Waals surface area contributed by atoms with E-state index in [4.69, 9.17) is 11.6 Å². The summed E-state index contributed by atoms with van der Waals surface area (Å²) in [6.45, 7) is -1.54. The molecule has 15 heteroatoms. The average Bonchev–Trinajstić information content (AvgIpc) is 2.74. The molecule has 0 aliphatic heterocycles. The van der Waals surface area contributed by atoms with Gasteiger partial charge in [-0.1, -0.05) is 17.7 Å². The number of thioether (sulfide) groups is 1. The number of aliphatic hydroxyl groups is 1. The number of carbonyl (C=O) groups excluding carboxylic acids is 1. The van der Waals surface area contributed by atoms with E-state index >= 15 is 0 Å². The summed E-state index contributed by atoms with van der Waals surface area (Å²) in [5.74, 6) is -0.117. The predicted molar refractivity (Wildman–Crippen MR) is 117 cm³/mol. The Morgan fingerprint density at radius 1 is 0.917 bits per heavy atom. The normalized spacial score (nSPS) is 14.3. The Labute approximate surface area is 208 Å². The Hall–Kier alpha value is -2.32. The first-order valence-corrected chi connectivity index (χ1v) is 11.5. The zero-order valence-electron chi connectivity index (χ0n) is 18.1. The van der Waals surface area contributed by atoms with E-state index < -0.39 is 47.4 Å². The number of rotatable bonds is 8. The maximum atomic E-state index is 13.8. The first-order valence-electron chi connectivity index (χ1n) is 9.75. The van der Waals surface area contributed by atoms with E-state index in [0.29, 0.717) is 5.56 Å². The summed E-state index contributed by atoms with van der Waals surface area (Å²) >= 11 is 7.33. The number of hydrogen-bond acceptors (Lipinski definition) is 4. The maximum Gasteiger partial charge on any atom is 0.423 e. The first-order chi connectivity index (χ1) is 16.4. The fourth-order valence-electron chi connectivity index (χ4n) is 2.97. The van der Waals surface area contributed by atoms with Crippen molar-refractivity contribution in [2.45, 2.75) is 30.7 Å². The molecule has 0 spiro atoms. The third-order valence-corrected chi connectivity index (χ3v) is 5.79. The molecule has 0 radical (unpaired) electrons. The number of halogens is 10. The third-order valence-electron chi connectivity index (χ3n) is 4.89. The number of benzene rings is 2. The van der Waals surface area contributed by atoms with Crippen LogP contribution in [0.4, 0.5) is 45.2 Å². The smallest absolute Gasteiger partial charge is 0.381 e. The van der Waals surface area contributed by atoms with Crippen LogP contribution in [0.5, 0.6) is 0 Å². The lowest BCUT2D eigenvalue weighted by atomic mass is 9.89. The van der Waals surface area contributed by atoms with Crippen LogP contribution in [0, 0.1) is 0 Å². The minimum atomic E-state index is -5.67. The van der Waals surface area contributed by atoms with Crippen LogP contribution in [0.1, 0.15) is 22.3 Å². The average molecular weight is 569 g/mol. The van der Waals surface area contributed by atoms with E-state index in [0.717, 1.165) is 6.07 Å². The molecule has 4 nitrogen and oxygen atoms in total. The predicted octanol–water partition coefficient (Wildman–Crippen LogP) is 6.22. The van der Waals surface area contributed by atoms with Crippen LogP contribution >= 0.6 is 23.4 Å².